The summed E-state index contributed by atoms with van der Waals surface area (Å²) in [7, 11) is 3.82. The van der Waals surface area contributed by atoms with E-state index in [-0.39, 0.29) is 11.9 Å². The van der Waals surface area contributed by atoms with E-state index < -0.39 is 0 Å². The van der Waals surface area contributed by atoms with Crippen LogP contribution in [0.1, 0.15) is 12.5 Å². The molecule has 0 heterocycles. The minimum absolute atomic E-state index is 0.0967. The van der Waals surface area contributed by atoms with E-state index in [1.165, 1.54) is 10.5 Å². The van der Waals surface area contributed by atoms with Crippen LogP contribution in [0.15, 0.2) is 59.5 Å². The molecule has 0 aliphatic carbocycles. The minimum atomic E-state index is -0.180. The average molecular weight is 328 g/mol. The molecule has 2 aromatic carbocycles. The summed E-state index contributed by atoms with van der Waals surface area (Å²) >= 11 is 1.73. The van der Waals surface area contributed by atoms with Gasteiger partial charge in [0.15, 0.2) is 0 Å². The highest BCUT2D eigenvalue weighted by molar-refractivity contribution is 7.98. The van der Waals surface area contributed by atoms with E-state index in [1.807, 2.05) is 51.4 Å². The van der Waals surface area contributed by atoms with Crippen LogP contribution in [0.5, 0.6) is 0 Å². The van der Waals surface area contributed by atoms with E-state index in [2.05, 4.69) is 35.4 Å². The Hall–Kier alpha value is -1.78. The molecule has 0 saturated carbocycles. The zero-order chi connectivity index (χ0) is 16.8. The summed E-state index contributed by atoms with van der Waals surface area (Å²) in [5.41, 5.74) is 2.13. The Morgan fingerprint density at radius 1 is 1.04 bits per heavy atom. The van der Waals surface area contributed by atoms with Crippen LogP contribution in [0.25, 0.3) is 0 Å². The second-order valence-corrected chi connectivity index (χ2v) is 6.55. The SMILES string of the molecule is CSc1ccc(CN(C)C(C)C(=O)N(C)c2ccccc2)cc1. The van der Waals surface area contributed by atoms with Crippen molar-refractivity contribution in [2.45, 2.75) is 24.4 Å². The van der Waals surface area contributed by atoms with Crippen molar-refractivity contribution >= 4 is 23.4 Å². The summed E-state index contributed by atoms with van der Waals surface area (Å²) < 4.78 is 0. The molecule has 0 aromatic heterocycles. The fourth-order valence-corrected chi connectivity index (χ4v) is 2.81. The van der Waals surface area contributed by atoms with Gasteiger partial charge in [-0.3, -0.25) is 9.69 Å². The Labute approximate surface area is 143 Å². The monoisotopic (exact) mass is 328 g/mol. The average Bonchev–Trinajstić information content (AvgIpc) is 2.61. The number of likely N-dealkylation sites (N-methyl/N-ethyl adjacent to an activating group) is 2. The van der Waals surface area contributed by atoms with Gasteiger partial charge in [0, 0.05) is 24.2 Å². The lowest BCUT2D eigenvalue weighted by Crippen LogP contribution is -2.43. The van der Waals surface area contributed by atoms with Gasteiger partial charge in [-0.05, 0) is 50.1 Å². The highest BCUT2D eigenvalue weighted by Gasteiger charge is 2.22. The first-order valence-electron chi connectivity index (χ1n) is 7.68. The van der Waals surface area contributed by atoms with Gasteiger partial charge in [-0.15, -0.1) is 11.8 Å². The number of amides is 1. The molecular weight excluding hydrogens is 304 g/mol. The van der Waals surface area contributed by atoms with Crippen LogP contribution in [0.2, 0.25) is 0 Å². The first-order chi connectivity index (χ1) is 11.0. The summed E-state index contributed by atoms with van der Waals surface area (Å²) in [6.45, 7) is 2.71. The Morgan fingerprint density at radius 2 is 1.65 bits per heavy atom. The Kier molecular flexibility index (Phi) is 6.25. The lowest BCUT2D eigenvalue weighted by molar-refractivity contribution is -0.122. The van der Waals surface area contributed by atoms with Gasteiger partial charge in [-0.1, -0.05) is 30.3 Å². The Morgan fingerprint density at radius 3 is 2.22 bits per heavy atom. The fraction of sp³-hybridized carbons (Fsp3) is 0.316. The van der Waals surface area contributed by atoms with Crippen LogP contribution in [0.3, 0.4) is 0 Å². The van der Waals surface area contributed by atoms with E-state index in [0.717, 1.165) is 12.2 Å². The highest BCUT2D eigenvalue weighted by atomic mass is 32.2. The summed E-state index contributed by atoms with van der Waals surface area (Å²) in [6, 6.07) is 18.1. The van der Waals surface area contributed by atoms with Gasteiger partial charge in [-0.2, -0.15) is 0 Å². The minimum Gasteiger partial charge on any atom is -0.314 e. The van der Waals surface area contributed by atoms with Crippen LogP contribution in [0, 0.1) is 0 Å². The topological polar surface area (TPSA) is 23.6 Å². The smallest absolute Gasteiger partial charge is 0.243 e. The molecular formula is C19H24N2OS. The largest absolute Gasteiger partial charge is 0.314 e. The normalized spacial score (nSPS) is 12.2. The van der Waals surface area contributed by atoms with Gasteiger partial charge in [0.05, 0.1) is 6.04 Å². The number of thioether (sulfide) groups is 1. The maximum atomic E-state index is 12.7. The molecule has 23 heavy (non-hydrogen) atoms. The number of para-hydroxylation sites is 1. The molecule has 2 rings (SSSR count). The fourth-order valence-electron chi connectivity index (χ4n) is 2.40. The summed E-state index contributed by atoms with van der Waals surface area (Å²) in [5, 5.41) is 0. The molecule has 0 radical (unpaired) electrons. The molecule has 4 heteroatoms. The van der Waals surface area contributed by atoms with E-state index in [9.17, 15) is 4.79 Å². The quantitative estimate of drug-likeness (QED) is 0.752. The van der Waals surface area contributed by atoms with Crippen molar-refractivity contribution in [2.24, 2.45) is 0 Å². The third-order valence-corrected chi connectivity index (χ3v) is 4.83. The third-order valence-electron chi connectivity index (χ3n) is 4.08. The summed E-state index contributed by atoms with van der Waals surface area (Å²) in [6.07, 6.45) is 2.07. The second-order valence-electron chi connectivity index (χ2n) is 5.67. The van der Waals surface area contributed by atoms with Crippen molar-refractivity contribution in [1.29, 1.82) is 0 Å². The molecule has 3 nitrogen and oxygen atoms in total. The molecule has 0 spiro atoms. The van der Waals surface area contributed by atoms with Crippen LogP contribution in [-0.4, -0.2) is 37.2 Å². The van der Waals surface area contributed by atoms with Crippen LogP contribution in [0.4, 0.5) is 5.69 Å². The number of nitrogens with zero attached hydrogens (tertiary/aromatic N) is 2. The zero-order valence-electron chi connectivity index (χ0n) is 14.2. The van der Waals surface area contributed by atoms with Gasteiger partial charge in [0.1, 0.15) is 0 Å². The van der Waals surface area contributed by atoms with Gasteiger partial charge in [0.25, 0.3) is 0 Å². The number of carbonyl (C=O) groups excluding carboxylic acids is 1. The molecule has 122 valence electrons. The predicted octanol–water partition coefficient (Wildman–Crippen LogP) is 3.89. The van der Waals surface area contributed by atoms with E-state index in [4.69, 9.17) is 0 Å². The van der Waals surface area contributed by atoms with Crippen molar-refractivity contribution < 1.29 is 4.79 Å². The van der Waals surface area contributed by atoms with Gasteiger partial charge in [-0.25, -0.2) is 0 Å². The molecule has 1 amide bonds. The van der Waals surface area contributed by atoms with Crippen molar-refractivity contribution in [1.82, 2.24) is 4.90 Å². The Balaban J connectivity index is 2.00. The lowest BCUT2D eigenvalue weighted by atomic mass is 10.1. The standard InChI is InChI=1S/C19H24N2OS/c1-15(19(22)21(3)17-8-6-5-7-9-17)20(2)14-16-10-12-18(23-4)13-11-16/h5-13,15H,14H2,1-4H3. The van der Waals surface area contributed by atoms with Crippen molar-refractivity contribution in [3.05, 3.63) is 60.2 Å². The number of rotatable bonds is 6. The molecule has 1 atom stereocenters. The van der Waals surface area contributed by atoms with Gasteiger partial charge in [0.2, 0.25) is 5.91 Å². The molecule has 0 aliphatic rings. The number of carbonyl (C=O) groups is 1. The maximum Gasteiger partial charge on any atom is 0.243 e. The molecule has 1 unspecified atom stereocenters. The van der Waals surface area contributed by atoms with Crippen LogP contribution < -0.4 is 4.90 Å². The molecule has 0 bridgehead atoms. The molecule has 0 saturated heterocycles. The second kappa shape index (κ2) is 8.18. The molecule has 2 aromatic rings. The number of benzene rings is 2. The zero-order valence-corrected chi connectivity index (χ0v) is 15.0. The highest BCUT2D eigenvalue weighted by Crippen LogP contribution is 2.17. The molecule has 0 N–H and O–H groups in total. The predicted molar refractivity (Wildman–Crippen MR) is 99.0 cm³/mol. The van der Waals surface area contributed by atoms with E-state index >= 15 is 0 Å². The van der Waals surface area contributed by atoms with Gasteiger partial charge >= 0.3 is 0 Å². The lowest BCUT2D eigenvalue weighted by Gasteiger charge is -2.28. The Bertz CT molecular complexity index is 628. The van der Waals surface area contributed by atoms with Crippen molar-refractivity contribution in [3.63, 3.8) is 0 Å². The number of hydrogen-bond acceptors (Lipinski definition) is 3. The van der Waals surface area contributed by atoms with E-state index in [1.54, 1.807) is 16.7 Å². The van der Waals surface area contributed by atoms with E-state index in [0.29, 0.717) is 0 Å². The molecule has 0 fully saturated rings. The molecule has 0 aliphatic heterocycles. The van der Waals surface area contributed by atoms with Crippen molar-refractivity contribution in [2.75, 3.05) is 25.3 Å². The van der Waals surface area contributed by atoms with Crippen LogP contribution in [-0.2, 0) is 11.3 Å². The first kappa shape index (κ1) is 17.6. The number of anilines is 1. The van der Waals surface area contributed by atoms with Gasteiger partial charge < -0.3 is 4.90 Å². The number of hydrogen-bond donors (Lipinski definition) is 0. The first-order valence-corrected chi connectivity index (χ1v) is 8.91. The van der Waals surface area contributed by atoms with Crippen LogP contribution >= 0.6 is 11.8 Å². The third kappa shape index (κ3) is 4.60. The summed E-state index contributed by atoms with van der Waals surface area (Å²) in [5.74, 6) is 0.0967. The van der Waals surface area contributed by atoms with Crippen molar-refractivity contribution in [3.8, 4) is 0 Å². The maximum absolute atomic E-state index is 12.7. The summed E-state index contributed by atoms with van der Waals surface area (Å²) in [4.78, 5) is 17.7.